The van der Waals surface area contributed by atoms with Crippen LogP contribution in [0.25, 0.3) is 0 Å². The number of hydrogen-bond acceptors (Lipinski definition) is 4. The lowest BCUT2D eigenvalue weighted by Gasteiger charge is -2.16. The van der Waals surface area contributed by atoms with Crippen molar-refractivity contribution in [3.63, 3.8) is 0 Å². The van der Waals surface area contributed by atoms with Gasteiger partial charge in [-0.15, -0.1) is 0 Å². The quantitative estimate of drug-likeness (QED) is 0.0464. The first-order valence-corrected chi connectivity index (χ1v) is 126. The summed E-state index contributed by atoms with van der Waals surface area (Å²) in [7, 11) is 32.8. The summed E-state index contributed by atoms with van der Waals surface area (Å²) >= 11 is 0. The zero-order chi connectivity index (χ0) is 90.9. The third-order valence-corrected chi connectivity index (χ3v) is 90.6. The van der Waals surface area contributed by atoms with Crippen molar-refractivity contribution >= 4 is 340 Å². The van der Waals surface area contributed by atoms with Gasteiger partial charge in [0.15, 0.2) is 0 Å². The van der Waals surface area contributed by atoms with Gasteiger partial charge in [-0.3, -0.25) is 0 Å². The highest BCUT2D eigenvalue weighted by atomic mass is 28.3. The molecule has 0 bridgehead atoms. The Morgan fingerprint density at radius 1 is 0.207 bits per heavy atom. The zero-order valence-corrected chi connectivity index (χ0v) is 145. The van der Waals surface area contributed by atoms with Crippen molar-refractivity contribution in [2.45, 2.75) is 391 Å². The Hall–Kier alpha value is 7.43. The Labute approximate surface area is 808 Å². The van der Waals surface area contributed by atoms with Crippen LogP contribution in [0.15, 0.2) is 0 Å². The highest BCUT2D eigenvalue weighted by Crippen LogP contribution is 1.95. The minimum atomic E-state index is 0.220. The van der Waals surface area contributed by atoms with Crippen molar-refractivity contribution in [1.82, 2.24) is 18.9 Å². The summed E-state index contributed by atoms with van der Waals surface area (Å²) in [4.78, 5) is 4.76. The van der Waals surface area contributed by atoms with E-state index in [1.54, 1.807) is 122 Å². The fourth-order valence-corrected chi connectivity index (χ4v) is 38.9. The second kappa shape index (κ2) is 234. The molecule has 0 aromatic heterocycles. The fourth-order valence-electron chi connectivity index (χ4n) is 7.17. The van der Waals surface area contributed by atoms with Crippen LogP contribution in [0.4, 0.5) is 0 Å². The monoisotopic (exact) mass is 2160 g/mol. The van der Waals surface area contributed by atoms with Gasteiger partial charge in [0.25, 0.3) is 0 Å². The zero-order valence-electron chi connectivity index (χ0n) is 90.3. The average molecular weight is 2160 g/mol. The van der Waals surface area contributed by atoms with Gasteiger partial charge in [0.1, 0.15) is 0 Å². The molecule has 0 aromatic rings. The Bertz CT molecular complexity index is 898. The molecular formula is C72H258N4Si35. The number of rotatable bonds is 47. The fraction of sp³-hybridized carbons (Fsp3) is 1.00. The molecule has 0 N–H and O–H groups in total. The number of nitrogens with zero attached hydrogens (tertiary/aromatic N) is 4. The van der Waals surface area contributed by atoms with E-state index >= 15 is 0 Å². The van der Waals surface area contributed by atoms with E-state index in [1.807, 2.05) is 0 Å². The first-order valence-electron chi connectivity index (χ1n) is 52.1. The molecule has 0 atom stereocenters. The van der Waals surface area contributed by atoms with Crippen molar-refractivity contribution < 1.29 is 0 Å². The molecule has 0 aliphatic carbocycles. The van der Waals surface area contributed by atoms with Gasteiger partial charge < -0.3 is 18.9 Å². The van der Waals surface area contributed by atoms with E-state index < -0.39 is 0 Å². The first kappa shape index (κ1) is 169. The van der Waals surface area contributed by atoms with Crippen LogP contribution in [-0.4, -0.2) is 426 Å². The van der Waals surface area contributed by atoms with Crippen LogP contribution in [0.1, 0.15) is 99.8 Å². The van der Waals surface area contributed by atoms with Gasteiger partial charge in [0, 0.05) is 259 Å². The maximum absolute atomic E-state index is 2.64. The lowest BCUT2D eigenvalue weighted by atomic mass is 10.4. The van der Waals surface area contributed by atoms with Crippen LogP contribution in [-0.2, 0) is 0 Å². The van der Waals surface area contributed by atoms with E-state index in [0.717, 1.165) is 0 Å². The van der Waals surface area contributed by atoms with Crippen molar-refractivity contribution in [2.75, 3.05) is 67.5 Å². The molecule has 4 nitrogen and oxygen atoms in total. The summed E-state index contributed by atoms with van der Waals surface area (Å²) in [6.45, 7) is 80.4. The molecule has 0 radical (unpaired) electrons. The van der Waals surface area contributed by atoms with Gasteiger partial charge in [0.05, 0.1) is 19.4 Å². The molecule has 0 saturated heterocycles. The molecule has 0 aliphatic heterocycles. The summed E-state index contributed by atoms with van der Waals surface area (Å²) in [6, 6.07) is 17.1. The van der Waals surface area contributed by atoms with Crippen LogP contribution < -0.4 is 0 Å². The van der Waals surface area contributed by atoms with Crippen LogP contribution in [0, 0.1) is 0 Å². The molecule has 0 aliphatic rings. The molecule has 0 fully saturated rings. The Morgan fingerprint density at radius 2 is 0.396 bits per heavy atom. The maximum atomic E-state index is 2.64. The topological polar surface area (TPSA) is 13.0 Å². The summed E-state index contributed by atoms with van der Waals surface area (Å²) in [5.74, 6) is 0. The molecule has 0 spiro atoms. The highest BCUT2D eigenvalue weighted by Gasteiger charge is 1.97. The van der Waals surface area contributed by atoms with Gasteiger partial charge >= 0.3 is 0 Å². The minimum absolute atomic E-state index is 0.220. The first-order chi connectivity index (χ1) is 53.4. The standard InChI is InChI=1S/C8H21NSi.C6H19NSi2.C6H17NSi.3C5H14Si.C4H15NSi2.7C3H12Si2.6C2H10Si2/c1-4-9(5-2)7-6-8-10-3;1-4-7(5-2)9-6-8-3;1-7(2)5-4-6-8-3;3*1-3-4-5-6-2;1-5(2)7-4-6-3;4*1-4-3-5-2;3*1-5-3-2-4;6*1-4-2-3/h4-8,10H2,1-3H3;4-6,8-9H2,1-3H3;4-6,8H2,1-3H3;3*3-6H2,1-2H3;4,6-7H2,1-3H3;4*3-5H2,1-2H3;3*2-3,5H2,1,4H3;6*2,4H2,1,3H3. The average Bonchev–Trinajstić information content (AvgIpc) is 1.10. The third-order valence-electron chi connectivity index (χ3n) is 16.7. The van der Waals surface area contributed by atoms with Crippen LogP contribution in [0.2, 0.25) is 292 Å². The van der Waals surface area contributed by atoms with Gasteiger partial charge in [-0.25, -0.2) is 0 Å². The van der Waals surface area contributed by atoms with E-state index in [9.17, 15) is 0 Å². The highest BCUT2D eigenvalue weighted by molar-refractivity contribution is 6.56. The van der Waals surface area contributed by atoms with Gasteiger partial charge in [0.2, 0.25) is 0 Å². The van der Waals surface area contributed by atoms with Crippen molar-refractivity contribution in [3.8, 4) is 0 Å². The summed E-state index contributed by atoms with van der Waals surface area (Å²) in [5, 5.41) is 0. The molecule has 0 amide bonds. The normalized spacial score (nSPS) is 12.0. The van der Waals surface area contributed by atoms with E-state index in [-0.39, 0.29) is 19.4 Å². The number of unbranched alkanes of at least 4 members (excludes halogenated alkanes) is 3. The number of hydrogen-bond donors (Lipinski definition) is 0. The second-order valence-electron chi connectivity index (χ2n) is 30.4. The lowest BCUT2D eigenvalue weighted by Crippen LogP contribution is -2.27. The SMILES string of the molecule is CCCC[SiH2]C.CCCC[SiH2]C.CCCC[SiH2]C.CCN(CC)CCC[SiH2]C.CCN(CC)[SiH2]C[SiH2]C.C[SiH2]CCCN(C)C.C[SiH2]CC[SiH3].C[SiH2]CC[SiH3].C[SiH2]CC[SiH3].C[SiH2]C[SiH2]C.C[SiH2]C[SiH2]C.C[SiH2]C[SiH2]C.C[SiH2]C[SiH2]C.C[SiH2]C[SiH2]N(C)C.C[SiH2]C[SiH3].C[SiH2]C[SiH3].C[SiH2]C[SiH3].C[SiH2]C[SiH3].C[SiH2]C[SiH3].C[SiH2]C[SiH3]. The second-order valence-corrected chi connectivity index (χ2v) is 107. The van der Waals surface area contributed by atoms with Gasteiger partial charge in [-0.2, -0.15) is 0 Å². The Morgan fingerprint density at radius 3 is 0.495 bits per heavy atom. The Balaban J connectivity index is -0.0000000439. The summed E-state index contributed by atoms with van der Waals surface area (Å²) in [5.41, 5.74) is 19.5. The smallest absolute Gasteiger partial charge is 0.0919 e. The third kappa shape index (κ3) is 401. The van der Waals surface area contributed by atoms with Crippen LogP contribution in [0.3, 0.4) is 0 Å². The van der Waals surface area contributed by atoms with Crippen molar-refractivity contribution in [2.24, 2.45) is 0 Å². The van der Waals surface area contributed by atoms with Gasteiger partial charge in [-0.1, -0.05) is 379 Å². The van der Waals surface area contributed by atoms with Crippen molar-refractivity contribution in [1.29, 1.82) is 0 Å². The van der Waals surface area contributed by atoms with E-state index in [1.165, 1.54) is 195 Å². The van der Waals surface area contributed by atoms with E-state index in [2.05, 4.69) is 253 Å². The van der Waals surface area contributed by atoms with E-state index in [0.29, 0.717) is 228 Å². The predicted octanol–water partition coefficient (Wildman–Crippen LogP) is -3.51. The van der Waals surface area contributed by atoms with E-state index in [4.69, 9.17) is 0 Å². The minimum Gasteiger partial charge on any atom is -0.335 e. The molecule has 0 heterocycles. The maximum Gasteiger partial charge on any atom is 0.0919 e. The molecule has 706 valence electrons. The summed E-state index contributed by atoms with van der Waals surface area (Å²) < 4.78 is 5.02. The predicted molar refractivity (Wildman–Crippen MR) is 700 cm³/mol. The molecular weight excluding hydrogens is 1900 g/mol. The van der Waals surface area contributed by atoms with Gasteiger partial charge in [-0.05, 0) is 142 Å². The van der Waals surface area contributed by atoms with Crippen molar-refractivity contribution in [3.05, 3.63) is 0 Å². The summed E-state index contributed by atoms with van der Waals surface area (Å²) in [6.07, 6.45) is 11.4. The molecule has 0 unspecified atom stereocenters. The lowest BCUT2D eigenvalue weighted by molar-refractivity contribution is 0.304. The van der Waals surface area contributed by atoms with Crippen LogP contribution >= 0.6 is 0 Å². The molecule has 0 saturated carbocycles. The molecule has 0 aromatic carbocycles. The molecule has 39 heteroatoms. The Kier molecular flexibility index (Phi) is 356. The van der Waals surface area contributed by atoms with Crippen LogP contribution in [0.5, 0.6) is 0 Å². The molecule has 111 heavy (non-hydrogen) atoms. The largest absolute Gasteiger partial charge is 0.335 e. The molecule has 0 rings (SSSR count).